The van der Waals surface area contributed by atoms with Gasteiger partial charge in [0, 0.05) is 33.3 Å². The molecule has 5 nitrogen and oxygen atoms in total. The summed E-state index contributed by atoms with van der Waals surface area (Å²) >= 11 is 0. The number of nitrogens with zero attached hydrogens (tertiary/aromatic N) is 2. The van der Waals surface area contributed by atoms with E-state index in [1.165, 1.54) is 0 Å². The van der Waals surface area contributed by atoms with Gasteiger partial charge in [0.2, 0.25) is 5.91 Å². The normalized spacial score (nSPS) is 17.4. The number of nitrogens with one attached hydrogen (secondary N) is 1. The summed E-state index contributed by atoms with van der Waals surface area (Å²) in [5.41, 5.74) is 0. The van der Waals surface area contributed by atoms with Gasteiger partial charge < -0.3 is 15.3 Å². The van der Waals surface area contributed by atoms with E-state index in [1.807, 2.05) is 11.9 Å². The second kappa shape index (κ2) is 9.30. The van der Waals surface area contributed by atoms with E-state index in [0.717, 1.165) is 58.4 Å². The van der Waals surface area contributed by atoms with E-state index in [-0.39, 0.29) is 12.5 Å². The Labute approximate surface area is 110 Å². The molecule has 5 heteroatoms. The number of unbranched alkanes of at least 4 members (excludes halogenated alkanes) is 2. The van der Waals surface area contributed by atoms with Crippen LogP contribution in [-0.2, 0) is 4.79 Å². The van der Waals surface area contributed by atoms with Gasteiger partial charge in [-0.15, -0.1) is 0 Å². The van der Waals surface area contributed by atoms with E-state index in [0.29, 0.717) is 6.54 Å². The van der Waals surface area contributed by atoms with Crippen molar-refractivity contribution in [2.45, 2.75) is 25.7 Å². The SMILES string of the molecule is CN(CCCCCO)C(=O)CN1CCCNCC1. The number of aliphatic hydroxyl groups excluding tert-OH is 1. The molecule has 0 aromatic heterocycles. The third-order valence-electron chi connectivity index (χ3n) is 3.37. The molecule has 1 heterocycles. The van der Waals surface area contributed by atoms with E-state index in [1.54, 1.807) is 0 Å². The van der Waals surface area contributed by atoms with Gasteiger partial charge in [0.1, 0.15) is 0 Å². The fraction of sp³-hybridized carbons (Fsp3) is 0.923. The highest BCUT2D eigenvalue weighted by Gasteiger charge is 2.15. The van der Waals surface area contributed by atoms with Crippen LogP contribution in [0, 0.1) is 0 Å². The zero-order valence-electron chi connectivity index (χ0n) is 11.5. The maximum Gasteiger partial charge on any atom is 0.236 e. The number of hydrogen-bond acceptors (Lipinski definition) is 4. The van der Waals surface area contributed by atoms with Crippen LogP contribution >= 0.6 is 0 Å². The van der Waals surface area contributed by atoms with E-state index in [9.17, 15) is 4.79 Å². The molecule has 1 amide bonds. The minimum atomic E-state index is 0.209. The van der Waals surface area contributed by atoms with Gasteiger partial charge in [-0.05, 0) is 38.8 Å². The molecule has 0 aromatic rings. The summed E-state index contributed by atoms with van der Waals surface area (Å²) in [6.07, 6.45) is 3.92. The Bertz CT molecular complexity index is 228. The maximum absolute atomic E-state index is 12.0. The van der Waals surface area contributed by atoms with Gasteiger partial charge in [0.25, 0.3) is 0 Å². The van der Waals surface area contributed by atoms with E-state index >= 15 is 0 Å². The largest absolute Gasteiger partial charge is 0.396 e. The Balaban J connectivity index is 2.17. The summed E-state index contributed by atoms with van der Waals surface area (Å²) in [5.74, 6) is 0.209. The van der Waals surface area contributed by atoms with Gasteiger partial charge in [-0.25, -0.2) is 0 Å². The maximum atomic E-state index is 12.0. The topological polar surface area (TPSA) is 55.8 Å². The molecule has 0 spiro atoms. The molecule has 0 saturated carbocycles. The van der Waals surface area contributed by atoms with Crippen LogP contribution in [0.15, 0.2) is 0 Å². The van der Waals surface area contributed by atoms with Crippen LogP contribution in [-0.4, -0.2) is 73.7 Å². The number of carbonyl (C=O) groups is 1. The molecule has 0 bridgehead atoms. The van der Waals surface area contributed by atoms with Crippen molar-refractivity contribution < 1.29 is 9.90 Å². The average Bonchev–Trinajstić information content (AvgIpc) is 2.63. The second-order valence-corrected chi connectivity index (χ2v) is 4.98. The number of amides is 1. The number of hydrogen-bond donors (Lipinski definition) is 2. The van der Waals surface area contributed by atoms with Crippen molar-refractivity contribution in [2.24, 2.45) is 0 Å². The summed E-state index contributed by atoms with van der Waals surface area (Å²) in [4.78, 5) is 16.0. The molecular weight excluding hydrogens is 230 g/mol. The first-order chi connectivity index (χ1) is 8.74. The van der Waals surface area contributed by atoms with E-state index in [4.69, 9.17) is 5.11 Å². The van der Waals surface area contributed by atoms with Crippen LogP contribution < -0.4 is 5.32 Å². The predicted octanol–water partition coefficient (Wildman–Crippen LogP) is -0.0973. The Morgan fingerprint density at radius 1 is 1.28 bits per heavy atom. The number of rotatable bonds is 7. The Morgan fingerprint density at radius 2 is 2.11 bits per heavy atom. The van der Waals surface area contributed by atoms with Crippen LogP contribution in [0.5, 0.6) is 0 Å². The fourth-order valence-electron chi connectivity index (χ4n) is 2.13. The summed E-state index contributed by atoms with van der Waals surface area (Å²) in [6, 6.07) is 0. The van der Waals surface area contributed by atoms with Crippen LogP contribution in [0.1, 0.15) is 25.7 Å². The molecule has 0 unspecified atom stereocenters. The van der Waals surface area contributed by atoms with Crippen LogP contribution in [0.4, 0.5) is 0 Å². The van der Waals surface area contributed by atoms with Gasteiger partial charge in [-0.3, -0.25) is 9.69 Å². The molecule has 1 fully saturated rings. The molecule has 18 heavy (non-hydrogen) atoms. The van der Waals surface area contributed by atoms with Gasteiger partial charge in [0.15, 0.2) is 0 Å². The molecule has 0 aliphatic carbocycles. The molecule has 0 atom stereocenters. The lowest BCUT2D eigenvalue weighted by molar-refractivity contribution is -0.131. The first-order valence-corrected chi connectivity index (χ1v) is 7.02. The predicted molar refractivity (Wildman–Crippen MR) is 72.5 cm³/mol. The third-order valence-corrected chi connectivity index (χ3v) is 3.37. The van der Waals surface area contributed by atoms with E-state index in [2.05, 4.69) is 10.2 Å². The number of aliphatic hydroxyl groups is 1. The Hall–Kier alpha value is -0.650. The van der Waals surface area contributed by atoms with Crippen LogP contribution in [0.2, 0.25) is 0 Å². The first kappa shape index (κ1) is 15.4. The first-order valence-electron chi connectivity index (χ1n) is 7.02. The number of likely N-dealkylation sites (N-methyl/N-ethyl adjacent to an activating group) is 1. The Morgan fingerprint density at radius 3 is 2.89 bits per heavy atom. The molecule has 1 saturated heterocycles. The summed E-state index contributed by atoms with van der Waals surface area (Å²) in [6.45, 7) is 5.60. The average molecular weight is 257 g/mol. The lowest BCUT2D eigenvalue weighted by atomic mass is 10.2. The molecule has 106 valence electrons. The lowest BCUT2D eigenvalue weighted by Crippen LogP contribution is -2.40. The zero-order chi connectivity index (χ0) is 13.2. The highest BCUT2D eigenvalue weighted by molar-refractivity contribution is 5.77. The van der Waals surface area contributed by atoms with Gasteiger partial charge >= 0.3 is 0 Å². The quantitative estimate of drug-likeness (QED) is 0.626. The molecule has 0 aromatic carbocycles. The van der Waals surface area contributed by atoms with Crippen molar-refractivity contribution in [3.63, 3.8) is 0 Å². The monoisotopic (exact) mass is 257 g/mol. The minimum Gasteiger partial charge on any atom is -0.396 e. The highest BCUT2D eigenvalue weighted by atomic mass is 16.2. The van der Waals surface area contributed by atoms with Crippen molar-refractivity contribution in [2.75, 3.05) is 52.9 Å². The standard InChI is InChI=1S/C13H27N3O2/c1-15(8-3-2-4-11-17)13(18)12-16-9-5-6-14-7-10-16/h14,17H,2-12H2,1H3. The van der Waals surface area contributed by atoms with Crippen molar-refractivity contribution >= 4 is 5.91 Å². The summed E-state index contributed by atoms with van der Waals surface area (Å²) in [5, 5.41) is 12.0. The van der Waals surface area contributed by atoms with Crippen LogP contribution in [0.3, 0.4) is 0 Å². The van der Waals surface area contributed by atoms with Gasteiger partial charge in [-0.1, -0.05) is 0 Å². The molecule has 0 radical (unpaired) electrons. The molecular formula is C13H27N3O2. The van der Waals surface area contributed by atoms with Crippen molar-refractivity contribution in [1.82, 2.24) is 15.1 Å². The zero-order valence-corrected chi connectivity index (χ0v) is 11.5. The lowest BCUT2D eigenvalue weighted by Gasteiger charge is -2.23. The van der Waals surface area contributed by atoms with Gasteiger partial charge in [-0.2, -0.15) is 0 Å². The molecule has 2 N–H and O–H groups in total. The Kier molecular flexibility index (Phi) is 7.96. The van der Waals surface area contributed by atoms with Crippen LogP contribution in [0.25, 0.3) is 0 Å². The van der Waals surface area contributed by atoms with Crippen molar-refractivity contribution in [3.05, 3.63) is 0 Å². The van der Waals surface area contributed by atoms with Crippen molar-refractivity contribution in [1.29, 1.82) is 0 Å². The van der Waals surface area contributed by atoms with Gasteiger partial charge in [0.05, 0.1) is 6.54 Å². The molecule has 1 aliphatic heterocycles. The fourth-order valence-corrected chi connectivity index (χ4v) is 2.13. The minimum absolute atomic E-state index is 0.209. The highest BCUT2D eigenvalue weighted by Crippen LogP contribution is 2.00. The second-order valence-electron chi connectivity index (χ2n) is 4.98. The molecule has 1 rings (SSSR count). The third kappa shape index (κ3) is 6.33. The van der Waals surface area contributed by atoms with Crippen molar-refractivity contribution in [3.8, 4) is 0 Å². The number of carbonyl (C=O) groups excluding carboxylic acids is 1. The van der Waals surface area contributed by atoms with E-state index < -0.39 is 0 Å². The summed E-state index contributed by atoms with van der Waals surface area (Å²) in [7, 11) is 1.87. The summed E-state index contributed by atoms with van der Waals surface area (Å²) < 4.78 is 0. The smallest absolute Gasteiger partial charge is 0.236 e. The molecule has 1 aliphatic rings.